The van der Waals surface area contributed by atoms with E-state index in [0.29, 0.717) is 18.0 Å². The molecule has 1 amide bonds. The molecule has 0 aromatic heterocycles. The Morgan fingerprint density at radius 2 is 1.72 bits per heavy atom. The fraction of sp³-hybridized carbons (Fsp3) is 0.933. The molecule has 0 spiro atoms. The van der Waals surface area contributed by atoms with Gasteiger partial charge in [-0.25, -0.2) is 0 Å². The van der Waals surface area contributed by atoms with Gasteiger partial charge in [0.15, 0.2) is 0 Å². The van der Waals surface area contributed by atoms with Gasteiger partial charge in [-0.05, 0) is 32.1 Å². The van der Waals surface area contributed by atoms with Gasteiger partial charge in [0.2, 0.25) is 5.91 Å². The first-order chi connectivity index (χ1) is 8.40. The average molecular weight is 254 g/mol. The Hall–Kier alpha value is -0.570. The molecule has 3 heteroatoms. The Kier molecular flexibility index (Phi) is 6.13. The Bertz CT molecular complexity index is 255. The lowest BCUT2D eigenvalue weighted by atomic mass is 9.99. The van der Waals surface area contributed by atoms with Crippen molar-refractivity contribution in [3.05, 3.63) is 0 Å². The van der Waals surface area contributed by atoms with Crippen molar-refractivity contribution in [1.82, 2.24) is 10.2 Å². The van der Waals surface area contributed by atoms with Gasteiger partial charge in [0.1, 0.15) is 0 Å². The second-order valence-corrected chi connectivity index (χ2v) is 6.45. The maximum absolute atomic E-state index is 11.9. The van der Waals surface area contributed by atoms with Crippen molar-refractivity contribution in [2.45, 2.75) is 66.0 Å². The van der Waals surface area contributed by atoms with Gasteiger partial charge in [-0.1, -0.05) is 27.7 Å². The summed E-state index contributed by atoms with van der Waals surface area (Å²) in [6.45, 7) is 12.6. The zero-order valence-electron chi connectivity index (χ0n) is 12.7. The quantitative estimate of drug-likeness (QED) is 0.818. The summed E-state index contributed by atoms with van der Waals surface area (Å²) in [6, 6.07) is 1.18. The molecule has 0 bridgehead atoms. The van der Waals surface area contributed by atoms with Crippen LogP contribution in [0, 0.1) is 11.8 Å². The summed E-state index contributed by atoms with van der Waals surface area (Å²) in [4.78, 5) is 13.9. The standard InChI is InChI=1S/C15H30N2O/c1-11(2)10-13(5)16-14-6-8-17(9-7-14)15(18)12(3)4/h11-14,16H,6-10H2,1-5H3. The lowest BCUT2D eigenvalue weighted by molar-refractivity contribution is -0.135. The fourth-order valence-electron chi connectivity index (χ4n) is 2.81. The number of rotatable bonds is 5. The molecule has 18 heavy (non-hydrogen) atoms. The molecule has 0 aromatic rings. The van der Waals surface area contributed by atoms with Crippen molar-refractivity contribution < 1.29 is 4.79 Å². The average Bonchev–Trinajstić information content (AvgIpc) is 2.27. The van der Waals surface area contributed by atoms with Gasteiger partial charge in [-0.2, -0.15) is 0 Å². The van der Waals surface area contributed by atoms with Gasteiger partial charge >= 0.3 is 0 Å². The molecule has 1 atom stereocenters. The van der Waals surface area contributed by atoms with Crippen molar-refractivity contribution in [2.75, 3.05) is 13.1 Å². The van der Waals surface area contributed by atoms with Gasteiger partial charge < -0.3 is 10.2 Å². The third kappa shape index (κ3) is 4.97. The van der Waals surface area contributed by atoms with Crippen LogP contribution in [0.3, 0.4) is 0 Å². The van der Waals surface area contributed by atoms with Crippen LogP contribution in [0.15, 0.2) is 0 Å². The van der Waals surface area contributed by atoms with Crippen LogP contribution in [0.4, 0.5) is 0 Å². The first-order valence-electron chi connectivity index (χ1n) is 7.45. The number of nitrogens with zero attached hydrogens (tertiary/aromatic N) is 1. The first kappa shape index (κ1) is 15.5. The summed E-state index contributed by atoms with van der Waals surface area (Å²) in [5, 5.41) is 3.70. The van der Waals surface area contributed by atoms with E-state index >= 15 is 0 Å². The van der Waals surface area contributed by atoms with E-state index in [-0.39, 0.29) is 5.92 Å². The predicted molar refractivity (Wildman–Crippen MR) is 76.5 cm³/mol. The number of amides is 1. The summed E-state index contributed by atoms with van der Waals surface area (Å²) in [7, 11) is 0. The molecule has 1 fully saturated rings. The fourth-order valence-corrected chi connectivity index (χ4v) is 2.81. The highest BCUT2D eigenvalue weighted by Gasteiger charge is 2.24. The largest absolute Gasteiger partial charge is 0.342 e. The third-order valence-corrected chi connectivity index (χ3v) is 3.65. The van der Waals surface area contributed by atoms with E-state index in [9.17, 15) is 4.79 Å². The van der Waals surface area contributed by atoms with Gasteiger partial charge in [0.25, 0.3) is 0 Å². The van der Waals surface area contributed by atoms with Crippen LogP contribution in [-0.2, 0) is 4.79 Å². The number of carbonyl (C=O) groups is 1. The summed E-state index contributed by atoms with van der Waals surface area (Å²) >= 11 is 0. The number of piperidine rings is 1. The van der Waals surface area contributed by atoms with E-state index in [1.54, 1.807) is 0 Å². The second-order valence-electron chi connectivity index (χ2n) is 6.45. The van der Waals surface area contributed by atoms with Crippen molar-refractivity contribution in [3.8, 4) is 0 Å². The Morgan fingerprint density at radius 1 is 1.17 bits per heavy atom. The highest BCUT2D eigenvalue weighted by atomic mass is 16.2. The predicted octanol–water partition coefficient (Wildman–Crippen LogP) is 2.66. The van der Waals surface area contributed by atoms with E-state index in [2.05, 4.69) is 26.1 Å². The Labute approximate surface area is 112 Å². The van der Waals surface area contributed by atoms with Crippen LogP contribution in [-0.4, -0.2) is 36.0 Å². The molecule has 0 aliphatic carbocycles. The van der Waals surface area contributed by atoms with Gasteiger partial charge in [-0.3, -0.25) is 4.79 Å². The molecule has 1 saturated heterocycles. The minimum absolute atomic E-state index is 0.134. The number of likely N-dealkylation sites (tertiary alicyclic amines) is 1. The van der Waals surface area contributed by atoms with E-state index in [1.165, 1.54) is 6.42 Å². The molecule has 0 radical (unpaired) electrons. The van der Waals surface area contributed by atoms with Crippen molar-refractivity contribution in [2.24, 2.45) is 11.8 Å². The maximum Gasteiger partial charge on any atom is 0.225 e. The zero-order chi connectivity index (χ0) is 13.7. The van der Waals surface area contributed by atoms with Gasteiger partial charge in [-0.15, -0.1) is 0 Å². The van der Waals surface area contributed by atoms with Crippen LogP contribution in [0.2, 0.25) is 0 Å². The zero-order valence-corrected chi connectivity index (χ0v) is 12.7. The molecule has 1 rings (SSSR count). The van der Waals surface area contributed by atoms with Crippen molar-refractivity contribution >= 4 is 5.91 Å². The Morgan fingerprint density at radius 3 is 2.17 bits per heavy atom. The minimum Gasteiger partial charge on any atom is -0.342 e. The normalized spacial score (nSPS) is 19.6. The number of carbonyl (C=O) groups excluding carboxylic acids is 1. The van der Waals surface area contributed by atoms with Crippen LogP contribution in [0.5, 0.6) is 0 Å². The SMILES string of the molecule is CC(C)CC(C)NC1CCN(C(=O)C(C)C)CC1. The third-order valence-electron chi connectivity index (χ3n) is 3.65. The molecule has 1 heterocycles. The molecular weight excluding hydrogens is 224 g/mol. The second kappa shape index (κ2) is 7.13. The van der Waals surface area contributed by atoms with Crippen LogP contribution in [0.1, 0.15) is 53.9 Å². The van der Waals surface area contributed by atoms with E-state index < -0.39 is 0 Å². The number of hydrogen-bond donors (Lipinski definition) is 1. The lowest BCUT2D eigenvalue weighted by Gasteiger charge is -2.35. The molecular formula is C15H30N2O. The monoisotopic (exact) mass is 254 g/mol. The number of nitrogens with one attached hydrogen (secondary N) is 1. The molecule has 1 aliphatic heterocycles. The molecule has 0 saturated carbocycles. The summed E-state index contributed by atoms with van der Waals surface area (Å²) in [5.41, 5.74) is 0. The molecule has 106 valence electrons. The summed E-state index contributed by atoms with van der Waals surface area (Å²) in [5.74, 6) is 1.19. The van der Waals surface area contributed by atoms with Gasteiger partial charge in [0, 0.05) is 31.1 Å². The molecule has 1 unspecified atom stereocenters. The van der Waals surface area contributed by atoms with Gasteiger partial charge in [0.05, 0.1) is 0 Å². The van der Waals surface area contributed by atoms with Crippen LogP contribution in [0.25, 0.3) is 0 Å². The highest BCUT2D eigenvalue weighted by Crippen LogP contribution is 2.15. The molecule has 1 N–H and O–H groups in total. The minimum atomic E-state index is 0.134. The Balaban J connectivity index is 2.29. The van der Waals surface area contributed by atoms with E-state index in [4.69, 9.17) is 0 Å². The smallest absolute Gasteiger partial charge is 0.225 e. The molecule has 1 aliphatic rings. The van der Waals surface area contributed by atoms with Crippen LogP contribution < -0.4 is 5.32 Å². The molecule has 0 aromatic carbocycles. The van der Waals surface area contributed by atoms with Crippen LogP contribution >= 0.6 is 0 Å². The highest BCUT2D eigenvalue weighted by molar-refractivity contribution is 5.78. The first-order valence-corrected chi connectivity index (χ1v) is 7.45. The maximum atomic E-state index is 11.9. The van der Waals surface area contributed by atoms with Crippen molar-refractivity contribution in [3.63, 3.8) is 0 Å². The lowest BCUT2D eigenvalue weighted by Crippen LogP contribution is -2.48. The van der Waals surface area contributed by atoms with Crippen molar-refractivity contribution in [1.29, 1.82) is 0 Å². The summed E-state index contributed by atoms with van der Waals surface area (Å²) < 4.78 is 0. The molecule has 3 nitrogen and oxygen atoms in total. The van der Waals surface area contributed by atoms with E-state index in [1.807, 2.05) is 18.7 Å². The topological polar surface area (TPSA) is 32.3 Å². The number of hydrogen-bond acceptors (Lipinski definition) is 2. The van der Waals surface area contributed by atoms with E-state index in [0.717, 1.165) is 31.8 Å². The summed E-state index contributed by atoms with van der Waals surface area (Å²) in [6.07, 6.45) is 3.42.